The molecule has 0 fully saturated rings. The molecule has 0 atom stereocenters. The van der Waals surface area contributed by atoms with Crippen LogP contribution in [0.25, 0.3) is 0 Å². The van der Waals surface area contributed by atoms with Gasteiger partial charge in [-0.25, -0.2) is 0 Å². The fourth-order valence-electron chi connectivity index (χ4n) is 0.328. The summed E-state index contributed by atoms with van der Waals surface area (Å²) in [5.41, 5.74) is 0. The average Bonchev–Trinajstić information content (AvgIpc) is 1.87. The minimum Gasteiger partial charge on any atom is -0.154 e. The molecule has 5 heteroatoms. The van der Waals surface area contributed by atoms with E-state index in [9.17, 15) is 0 Å². The number of nitrogens with zero attached hydrogens (tertiary/aromatic N) is 2. The molecule has 1 aliphatic rings. The van der Waals surface area contributed by atoms with Crippen LogP contribution in [0.1, 0.15) is 0 Å². The van der Waals surface area contributed by atoms with Crippen molar-refractivity contribution in [1.82, 2.24) is 0 Å². The van der Waals surface area contributed by atoms with E-state index < -0.39 is 0 Å². The molecule has 1 rings (SSSR count). The molecule has 2 nitrogen and oxygen atoms in total. The highest BCUT2D eigenvalue weighted by molar-refractivity contribution is 8.07. The summed E-state index contributed by atoms with van der Waals surface area (Å²) >= 11 is 8.00. The minimum atomic E-state index is -0.380. The van der Waals surface area contributed by atoms with E-state index in [-0.39, 0.29) is 9.52 Å². The molecule has 0 amide bonds. The Bertz CT molecular complexity index is 125. The first-order chi connectivity index (χ1) is 3.29. The quantitative estimate of drug-likeness (QED) is 0.347. The molecule has 1 aliphatic heterocycles. The van der Waals surface area contributed by atoms with Gasteiger partial charge in [0.15, 0.2) is 9.52 Å². The summed E-state index contributed by atoms with van der Waals surface area (Å²) in [4.78, 5) is 0. The standard InChI is InChI=1S/C2H4N2S2Si/c5-1-3-4-2(6)7-1/h7H2,(H,3,5)(H,4,6). The summed E-state index contributed by atoms with van der Waals surface area (Å²) in [5.74, 6) is 0. The van der Waals surface area contributed by atoms with Crippen molar-refractivity contribution in [2.45, 2.75) is 0 Å². The molecule has 38 valence electrons. The Hall–Kier alpha value is 0.257. The second kappa shape index (κ2) is 2.02. The first-order valence-electron chi connectivity index (χ1n) is 1.80. The Morgan fingerprint density at radius 2 is 1.57 bits per heavy atom. The maximum Gasteiger partial charge on any atom is 0.155 e. The van der Waals surface area contributed by atoms with Crippen LogP contribution in [0.3, 0.4) is 0 Å². The maximum atomic E-state index is 4.00. The largest absolute Gasteiger partial charge is 0.155 e. The van der Waals surface area contributed by atoms with Crippen LogP contribution in [0.4, 0.5) is 0 Å². The smallest absolute Gasteiger partial charge is 0.154 e. The molecule has 0 saturated heterocycles. The second-order valence-corrected chi connectivity index (χ2v) is 5.13. The third-order valence-corrected chi connectivity index (χ3v) is 2.64. The van der Waals surface area contributed by atoms with Crippen LogP contribution in [-0.4, -0.2) is 18.9 Å². The van der Waals surface area contributed by atoms with Gasteiger partial charge in [0, 0.05) is 0 Å². The molecule has 0 saturated carbocycles. The van der Waals surface area contributed by atoms with Crippen molar-refractivity contribution in [2.75, 3.05) is 0 Å². The van der Waals surface area contributed by atoms with E-state index in [1.807, 2.05) is 0 Å². The lowest BCUT2D eigenvalue weighted by molar-refractivity contribution is 1.29. The molecule has 0 spiro atoms. The van der Waals surface area contributed by atoms with Crippen LogP contribution in [0.2, 0.25) is 0 Å². The van der Waals surface area contributed by atoms with Crippen LogP contribution in [0, 0.1) is 0 Å². The van der Waals surface area contributed by atoms with Gasteiger partial charge in [-0.3, -0.25) is 0 Å². The predicted octanol–water partition coefficient (Wildman–Crippen LogP) is -0.345. The lowest BCUT2D eigenvalue weighted by atomic mass is 11.6. The molecular formula is C2H4N2S2Si. The Morgan fingerprint density at radius 3 is 1.71 bits per heavy atom. The predicted molar refractivity (Wildman–Crippen MR) is 41.4 cm³/mol. The first-order valence-corrected chi connectivity index (χ1v) is 4.11. The molecule has 0 N–H and O–H groups in total. The number of thiol groups is 2. The van der Waals surface area contributed by atoms with Crippen LogP contribution in [0.5, 0.6) is 0 Å². The summed E-state index contributed by atoms with van der Waals surface area (Å²) in [6.45, 7) is 0. The Balaban J connectivity index is 2.61. The van der Waals surface area contributed by atoms with Crippen molar-refractivity contribution >= 4 is 44.1 Å². The van der Waals surface area contributed by atoms with Gasteiger partial charge in [0.2, 0.25) is 0 Å². The van der Waals surface area contributed by atoms with E-state index in [2.05, 4.69) is 35.5 Å². The molecular weight excluding hydrogens is 144 g/mol. The van der Waals surface area contributed by atoms with E-state index in [0.717, 1.165) is 9.33 Å². The molecule has 0 aromatic heterocycles. The number of rotatable bonds is 0. The van der Waals surface area contributed by atoms with Gasteiger partial charge < -0.3 is 0 Å². The normalized spacial score (nSPS) is 19.1. The zero-order chi connectivity index (χ0) is 5.28. The van der Waals surface area contributed by atoms with E-state index in [1.54, 1.807) is 0 Å². The zero-order valence-electron chi connectivity index (χ0n) is 3.50. The maximum absolute atomic E-state index is 4.00. The molecule has 0 radical (unpaired) electrons. The molecule has 0 unspecified atom stereocenters. The van der Waals surface area contributed by atoms with Gasteiger partial charge in [-0.15, -0.1) is 25.3 Å². The van der Waals surface area contributed by atoms with Gasteiger partial charge in [0.25, 0.3) is 0 Å². The van der Waals surface area contributed by atoms with E-state index in [1.165, 1.54) is 0 Å². The zero-order valence-corrected chi connectivity index (χ0v) is 6.70. The van der Waals surface area contributed by atoms with Gasteiger partial charge >= 0.3 is 0 Å². The van der Waals surface area contributed by atoms with Crippen LogP contribution < -0.4 is 0 Å². The summed E-state index contributed by atoms with van der Waals surface area (Å²) in [6, 6.07) is 0. The lowest BCUT2D eigenvalue weighted by Crippen LogP contribution is -2.02. The Labute approximate surface area is 54.7 Å². The van der Waals surface area contributed by atoms with E-state index >= 15 is 0 Å². The molecule has 0 aromatic carbocycles. The molecule has 0 aliphatic carbocycles. The van der Waals surface area contributed by atoms with Gasteiger partial charge in [-0.2, -0.15) is 10.2 Å². The summed E-state index contributed by atoms with van der Waals surface area (Å²) in [7, 11) is -0.380. The van der Waals surface area contributed by atoms with Crippen molar-refractivity contribution in [3.8, 4) is 0 Å². The van der Waals surface area contributed by atoms with Crippen LogP contribution in [-0.2, 0) is 0 Å². The van der Waals surface area contributed by atoms with Crippen molar-refractivity contribution in [2.24, 2.45) is 10.2 Å². The Morgan fingerprint density at radius 1 is 1.14 bits per heavy atom. The highest BCUT2D eigenvalue weighted by atomic mass is 32.1. The third-order valence-electron chi connectivity index (χ3n) is 0.597. The number of hydrogen-bond acceptors (Lipinski definition) is 2. The number of hydrogen-bond donors (Lipinski definition) is 2. The summed E-state index contributed by atoms with van der Waals surface area (Å²) in [5, 5.41) is 7.34. The second-order valence-electron chi connectivity index (χ2n) is 1.21. The molecule has 7 heavy (non-hydrogen) atoms. The Kier molecular flexibility index (Phi) is 1.56. The van der Waals surface area contributed by atoms with Gasteiger partial charge in [0.05, 0.1) is 9.33 Å². The van der Waals surface area contributed by atoms with E-state index in [0.29, 0.717) is 0 Å². The molecule has 1 heterocycles. The monoisotopic (exact) mass is 148 g/mol. The average molecular weight is 148 g/mol. The van der Waals surface area contributed by atoms with E-state index in [4.69, 9.17) is 0 Å². The molecule has 0 bridgehead atoms. The fraction of sp³-hybridized carbons (Fsp3) is 0. The minimum absolute atomic E-state index is 0.380. The van der Waals surface area contributed by atoms with Gasteiger partial charge in [-0.1, -0.05) is 0 Å². The van der Waals surface area contributed by atoms with Crippen molar-refractivity contribution in [3.63, 3.8) is 0 Å². The molecule has 0 aromatic rings. The lowest BCUT2D eigenvalue weighted by Gasteiger charge is -1.77. The van der Waals surface area contributed by atoms with Crippen LogP contribution >= 0.6 is 25.3 Å². The highest BCUT2D eigenvalue weighted by Crippen LogP contribution is 1.97. The first kappa shape index (κ1) is 5.39. The highest BCUT2D eigenvalue weighted by Gasteiger charge is 2.03. The SMILES string of the molecule is SC1=NN=C(S)[SiH2]1. The van der Waals surface area contributed by atoms with Crippen LogP contribution in [0.15, 0.2) is 10.2 Å². The van der Waals surface area contributed by atoms with Gasteiger partial charge in [0.1, 0.15) is 0 Å². The third kappa shape index (κ3) is 1.32. The van der Waals surface area contributed by atoms with Gasteiger partial charge in [-0.05, 0) is 0 Å². The fourth-order valence-corrected chi connectivity index (χ4v) is 2.26. The summed E-state index contributed by atoms with van der Waals surface area (Å²) < 4.78 is 1.76. The van der Waals surface area contributed by atoms with Crippen molar-refractivity contribution in [3.05, 3.63) is 0 Å². The topological polar surface area (TPSA) is 24.7 Å². The van der Waals surface area contributed by atoms with Crippen molar-refractivity contribution < 1.29 is 0 Å². The van der Waals surface area contributed by atoms with Crippen molar-refractivity contribution in [1.29, 1.82) is 0 Å². The summed E-state index contributed by atoms with van der Waals surface area (Å²) in [6.07, 6.45) is 0.